The maximum absolute atomic E-state index is 12.2. The average molecular weight is 439 g/mol. The van der Waals surface area contributed by atoms with Gasteiger partial charge in [0.15, 0.2) is 0 Å². The zero-order valence-electron chi connectivity index (χ0n) is 22.1. The van der Waals surface area contributed by atoms with E-state index in [-0.39, 0.29) is 28.6 Å². The van der Waals surface area contributed by atoms with Gasteiger partial charge in [-0.15, -0.1) is 0 Å². The van der Waals surface area contributed by atoms with E-state index >= 15 is 0 Å². The molecule has 2 heterocycles. The summed E-state index contributed by atoms with van der Waals surface area (Å²) in [6.45, 7) is 20.1. The van der Waals surface area contributed by atoms with Crippen LogP contribution < -0.4 is 0 Å². The third-order valence-electron chi connectivity index (χ3n) is 7.71. The minimum atomic E-state index is -0.377. The molecule has 0 radical (unpaired) electrons. The number of amides is 1. The predicted octanol–water partition coefficient (Wildman–Crippen LogP) is 5.80. The number of ether oxygens (including phenoxy) is 1. The predicted molar refractivity (Wildman–Crippen MR) is 129 cm³/mol. The second-order valence-corrected chi connectivity index (χ2v) is 11.5. The fraction of sp³-hybridized carbons (Fsp3) is 0.923. The fourth-order valence-corrected chi connectivity index (χ4v) is 4.51. The number of nitrogens with zero attached hydrogens (tertiary/aromatic N) is 2. The van der Waals surface area contributed by atoms with Crippen molar-refractivity contribution in [3.05, 3.63) is 0 Å². The molecule has 1 amide bonds. The molecule has 31 heavy (non-hydrogen) atoms. The molecule has 0 spiro atoms. The Labute approximate surface area is 192 Å². The van der Waals surface area contributed by atoms with Crippen LogP contribution in [0.5, 0.6) is 0 Å². The largest absolute Gasteiger partial charge is 0.462 e. The van der Waals surface area contributed by atoms with Crippen molar-refractivity contribution in [1.82, 2.24) is 9.80 Å². The molecule has 0 aromatic rings. The first kappa shape index (κ1) is 27.9. The molecule has 0 N–H and O–H groups in total. The molecule has 5 nitrogen and oxygen atoms in total. The van der Waals surface area contributed by atoms with Crippen molar-refractivity contribution in [3.8, 4) is 0 Å². The first-order chi connectivity index (χ1) is 14.2. The maximum Gasteiger partial charge on any atom is 0.311 e. The van der Waals surface area contributed by atoms with Crippen LogP contribution >= 0.6 is 0 Å². The lowest BCUT2D eigenvalue weighted by Crippen LogP contribution is -2.60. The zero-order chi connectivity index (χ0) is 24.0. The number of carbonyl (C=O) groups is 2. The molecule has 182 valence electrons. The topological polar surface area (TPSA) is 49.9 Å². The summed E-state index contributed by atoms with van der Waals surface area (Å²) >= 11 is 0. The quantitative estimate of drug-likeness (QED) is 0.509. The van der Waals surface area contributed by atoms with Crippen LogP contribution in [-0.2, 0) is 14.3 Å². The summed E-state index contributed by atoms with van der Waals surface area (Å²) in [4.78, 5) is 28.2. The van der Waals surface area contributed by atoms with Crippen molar-refractivity contribution in [3.63, 3.8) is 0 Å². The van der Waals surface area contributed by atoms with Crippen molar-refractivity contribution in [1.29, 1.82) is 0 Å². The summed E-state index contributed by atoms with van der Waals surface area (Å²) in [5.41, 5.74) is -0.260. The molecule has 2 saturated heterocycles. The molecule has 2 rings (SSSR count). The lowest BCUT2D eigenvalue weighted by atomic mass is 9.78. The third kappa shape index (κ3) is 7.76. The van der Waals surface area contributed by atoms with Gasteiger partial charge < -0.3 is 9.64 Å². The van der Waals surface area contributed by atoms with Crippen LogP contribution in [0, 0.1) is 5.41 Å². The Kier molecular flexibility index (Phi) is 10.1. The van der Waals surface area contributed by atoms with E-state index in [1.54, 1.807) is 0 Å². The highest BCUT2D eigenvalue weighted by molar-refractivity contribution is 5.76. The molecule has 1 unspecified atom stereocenters. The van der Waals surface area contributed by atoms with Gasteiger partial charge in [-0.25, -0.2) is 0 Å². The van der Waals surface area contributed by atoms with Gasteiger partial charge in [-0.1, -0.05) is 20.3 Å². The van der Waals surface area contributed by atoms with Crippen molar-refractivity contribution in [2.24, 2.45) is 5.41 Å². The van der Waals surface area contributed by atoms with Crippen LogP contribution in [0.3, 0.4) is 0 Å². The third-order valence-corrected chi connectivity index (χ3v) is 7.71. The summed E-state index contributed by atoms with van der Waals surface area (Å²) in [7, 11) is 2.16. The number of carbonyl (C=O) groups excluding carboxylic acids is 2. The smallest absolute Gasteiger partial charge is 0.311 e. The molecule has 1 atom stereocenters. The van der Waals surface area contributed by atoms with Crippen molar-refractivity contribution < 1.29 is 14.3 Å². The lowest BCUT2D eigenvalue weighted by Gasteiger charge is -2.53. The van der Waals surface area contributed by atoms with Gasteiger partial charge in [0.1, 0.15) is 6.10 Å². The van der Waals surface area contributed by atoms with Crippen molar-refractivity contribution in [2.75, 3.05) is 13.6 Å². The number of piperidine rings is 1. The van der Waals surface area contributed by atoms with Gasteiger partial charge >= 0.3 is 5.97 Å². The fourth-order valence-electron chi connectivity index (χ4n) is 4.51. The normalized spacial score (nSPS) is 23.4. The Morgan fingerprint density at radius 3 is 2.13 bits per heavy atom. The van der Waals surface area contributed by atoms with Crippen molar-refractivity contribution in [2.45, 2.75) is 137 Å². The summed E-state index contributed by atoms with van der Waals surface area (Å²) < 4.78 is 5.80. The van der Waals surface area contributed by atoms with Crippen LogP contribution in [0.1, 0.15) is 114 Å². The Hall–Kier alpha value is -1.10. The van der Waals surface area contributed by atoms with Crippen LogP contribution in [0.15, 0.2) is 0 Å². The Bertz CT molecular complexity index is 579. The Morgan fingerprint density at radius 2 is 1.65 bits per heavy atom. The molecule has 2 fully saturated rings. The van der Waals surface area contributed by atoms with Crippen LogP contribution in [0.2, 0.25) is 0 Å². The van der Waals surface area contributed by atoms with E-state index < -0.39 is 0 Å². The number of rotatable bonds is 5. The minimum Gasteiger partial charge on any atom is -0.462 e. The molecular formula is C26H50N2O3. The van der Waals surface area contributed by atoms with Crippen LogP contribution in [-0.4, -0.2) is 58.5 Å². The second kappa shape index (κ2) is 11.2. The SMILES string of the molecule is CCC(C)(C)C(=O)OC1CC(C)(C)N(C)C(C)(C)C1.CCC(C)N1CCCCCC1=O. The van der Waals surface area contributed by atoms with Gasteiger partial charge in [-0.05, 0) is 81.2 Å². The molecule has 2 aliphatic heterocycles. The molecule has 0 bridgehead atoms. The van der Waals surface area contributed by atoms with Gasteiger partial charge in [-0.3, -0.25) is 14.5 Å². The van der Waals surface area contributed by atoms with Gasteiger partial charge in [0.25, 0.3) is 0 Å². The average Bonchev–Trinajstić information content (AvgIpc) is 2.89. The molecule has 2 aliphatic rings. The van der Waals surface area contributed by atoms with E-state index in [2.05, 4.69) is 53.5 Å². The van der Waals surface area contributed by atoms with E-state index in [1.165, 1.54) is 12.8 Å². The summed E-state index contributed by atoms with van der Waals surface area (Å²) in [5, 5.41) is 0. The highest BCUT2D eigenvalue weighted by atomic mass is 16.5. The zero-order valence-corrected chi connectivity index (χ0v) is 22.1. The number of hydrogen-bond acceptors (Lipinski definition) is 4. The van der Waals surface area contributed by atoms with E-state index in [0.717, 1.165) is 45.1 Å². The highest BCUT2D eigenvalue weighted by Crippen LogP contribution is 2.39. The van der Waals surface area contributed by atoms with Gasteiger partial charge in [0, 0.05) is 42.9 Å². The van der Waals surface area contributed by atoms with E-state index in [0.29, 0.717) is 11.9 Å². The van der Waals surface area contributed by atoms with Gasteiger partial charge in [0.2, 0.25) is 5.91 Å². The highest BCUT2D eigenvalue weighted by Gasteiger charge is 2.45. The Morgan fingerprint density at radius 1 is 1.10 bits per heavy atom. The second-order valence-electron chi connectivity index (χ2n) is 11.5. The van der Waals surface area contributed by atoms with Gasteiger partial charge in [0.05, 0.1) is 5.41 Å². The molecular weight excluding hydrogens is 388 g/mol. The Balaban J connectivity index is 0.000000343. The summed E-state index contributed by atoms with van der Waals surface area (Å²) in [5.74, 6) is 0.304. The summed E-state index contributed by atoms with van der Waals surface area (Å²) in [6, 6.07) is 0.440. The summed E-state index contributed by atoms with van der Waals surface area (Å²) in [6.07, 6.45) is 7.98. The molecule has 5 heteroatoms. The molecule has 0 aliphatic carbocycles. The first-order valence-corrected chi connectivity index (χ1v) is 12.4. The number of esters is 1. The van der Waals surface area contributed by atoms with E-state index in [4.69, 9.17) is 4.74 Å². The minimum absolute atomic E-state index is 0.0273. The number of likely N-dealkylation sites (tertiary alicyclic amines) is 2. The maximum atomic E-state index is 12.2. The van der Waals surface area contributed by atoms with Crippen LogP contribution in [0.25, 0.3) is 0 Å². The first-order valence-electron chi connectivity index (χ1n) is 12.4. The van der Waals surface area contributed by atoms with Crippen LogP contribution in [0.4, 0.5) is 0 Å². The molecule has 0 saturated carbocycles. The monoisotopic (exact) mass is 438 g/mol. The standard InChI is InChI=1S/C16H31NO2.C10H19NO/c1-9-14(2,3)13(18)19-12-10-15(4,5)17(8)16(6,7)11-12;1-3-9(2)11-8-6-4-5-7-10(11)12/h12H,9-11H2,1-8H3;9H,3-8H2,1-2H3. The van der Waals surface area contributed by atoms with E-state index in [1.807, 2.05) is 25.7 Å². The van der Waals surface area contributed by atoms with E-state index in [9.17, 15) is 9.59 Å². The van der Waals surface area contributed by atoms with Crippen molar-refractivity contribution >= 4 is 11.9 Å². The van der Waals surface area contributed by atoms with Gasteiger partial charge in [-0.2, -0.15) is 0 Å². The molecule has 0 aromatic heterocycles. The lowest BCUT2D eigenvalue weighted by molar-refractivity contribution is -0.169. The number of hydrogen-bond donors (Lipinski definition) is 0. The molecule has 0 aromatic carbocycles.